The Morgan fingerprint density at radius 1 is 1.37 bits per heavy atom. The summed E-state index contributed by atoms with van der Waals surface area (Å²) in [5.41, 5.74) is 0.887. The predicted octanol–water partition coefficient (Wildman–Crippen LogP) is 3.97. The fourth-order valence-electron chi connectivity index (χ4n) is 1.57. The molecular formula is C13H12Cl2N2O2. The van der Waals surface area contributed by atoms with Gasteiger partial charge in [-0.3, -0.25) is 4.79 Å². The maximum Gasteiger partial charge on any atom is 0.272 e. The molecule has 2 rings (SSSR count). The summed E-state index contributed by atoms with van der Waals surface area (Å²) in [5.74, 6) is 0.281. The Bertz CT molecular complexity index is 577. The molecule has 1 aromatic carbocycles. The van der Waals surface area contributed by atoms with Crippen LogP contribution in [0.25, 0.3) is 0 Å². The number of halogens is 2. The minimum atomic E-state index is -0.332. The summed E-state index contributed by atoms with van der Waals surface area (Å²) in [4.78, 5) is 14.7. The third-order valence-corrected chi connectivity index (χ3v) is 3.10. The van der Waals surface area contributed by atoms with Crippen LogP contribution in [-0.4, -0.2) is 17.5 Å². The number of carbonyl (C=O) groups is 1. The maximum atomic E-state index is 12.0. The summed E-state index contributed by atoms with van der Waals surface area (Å²) in [6.07, 6.45) is 0. The van der Waals surface area contributed by atoms with Crippen molar-refractivity contribution in [2.45, 2.75) is 6.92 Å². The van der Waals surface area contributed by atoms with Gasteiger partial charge in [0.25, 0.3) is 5.91 Å². The second-order valence-corrected chi connectivity index (χ2v) is 4.51. The lowest BCUT2D eigenvalue weighted by atomic mass is 10.3. The molecule has 1 aromatic heterocycles. The highest BCUT2D eigenvalue weighted by Crippen LogP contribution is 2.26. The van der Waals surface area contributed by atoms with Crippen LogP contribution < -0.4 is 10.1 Å². The molecule has 0 atom stereocenters. The van der Waals surface area contributed by atoms with E-state index in [0.29, 0.717) is 28.8 Å². The van der Waals surface area contributed by atoms with E-state index >= 15 is 0 Å². The number of aromatic nitrogens is 1. The topological polar surface area (TPSA) is 54.1 Å². The SMILES string of the molecule is CCOc1ccccc1NC(=O)c1cc(Cl)c(Cl)[nH]1. The second kappa shape index (κ2) is 5.99. The quantitative estimate of drug-likeness (QED) is 0.897. The third kappa shape index (κ3) is 3.22. The molecule has 0 aliphatic heterocycles. The molecule has 0 fully saturated rings. The Labute approximate surface area is 120 Å². The van der Waals surface area contributed by atoms with Crippen LogP contribution in [0.2, 0.25) is 10.2 Å². The predicted molar refractivity (Wildman–Crippen MR) is 76.4 cm³/mol. The Balaban J connectivity index is 2.19. The summed E-state index contributed by atoms with van der Waals surface area (Å²) < 4.78 is 5.43. The third-order valence-electron chi connectivity index (χ3n) is 2.40. The van der Waals surface area contributed by atoms with Crippen molar-refractivity contribution in [1.82, 2.24) is 4.98 Å². The van der Waals surface area contributed by atoms with E-state index in [4.69, 9.17) is 27.9 Å². The summed E-state index contributed by atoms with van der Waals surface area (Å²) in [5, 5.41) is 3.29. The number of rotatable bonds is 4. The minimum absolute atomic E-state index is 0.241. The molecule has 2 aromatic rings. The van der Waals surface area contributed by atoms with Crippen LogP contribution in [0.3, 0.4) is 0 Å². The molecule has 0 bridgehead atoms. The lowest BCUT2D eigenvalue weighted by molar-refractivity contribution is 0.102. The van der Waals surface area contributed by atoms with Gasteiger partial charge in [0.1, 0.15) is 16.6 Å². The van der Waals surface area contributed by atoms with Crippen LogP contribution in [0.15, 0.2) is 30.3 Å². The molecule has 0 unspecified atom stereocenters. The molecule has 0 spiro atoms. The Kier molecular flexibility index (Phi) is 4.35. The summed E-state index contributed by atoms with van der Waals surface area (Å²) in [7, 11) is 0. The number of H-pyrrole nitrogens is 1. The van der Waals surface area contributed by atoms with Gasteiger partial charge in [-0.15, -0.1) is 0 Å². The lowest BCUT2D eigenvalue weighted by Gasteiger charge is -2.10. The number of nitrogens with one attached hydrogen (secondary N) is 2. The van der Waals surface area contributed by atoms with E-state index in [2.05, 4.69) is 10.3 Å². The Hall–Kier alpha value is -1.65. The van der Waals surface area contributed by atoms with E-state index in [1.165, 1.54) is 6.07 Å². The van der Waals surface area contributed by atoms with Crippen LogP contribution in [0.5, 0.6) is 5.75 Å². The number of para-hydroxylation sites is 2. The van der Waals surface area contributed by atoms with E-state index in [-0.39, 0.29) is 11.1 Å². The number of ether oxygens (including phenoxy) is 1. The number of hydrogen-bond acceptors (Lipinski definition) is 2. The van der Waals surface area contributed by atoms with Crippen LogP contribution in [0, 0.1) is 0 Å². The zero-order chi connectivity index (χ0) is 13.8. The molecule has 0 radical (unpaired) electrons. The number of anilines is 1. The van der Waals surface area contributed by atoms with Gasteiger partial charge in [-0.1, -0.05) is 35.3 Å². The van der Waals surface area contributed by atoms with Gasteiger partial charge >= 0.3 is 0 Å². The molecule has 0 saturated heterocycles. The molecule has 19 heavy (non-hydrogen) atoms. The van der Waals surface area contributed by atoms with Crippen molar-refractivity contribution >= 4 is 34.8 Å². The number of aromatic amines is 1. The van der Waals surface area contributed by atoms with Gasteiger partial charge in [0, 0.05) is 0 Å². The molecule has 0 aliphatic rings. The van der Waals surface area contributed by atoms with E-state index in [1.807, 2.05) is 19.1 Å². The zero-order valence-electron chi connectivity index (χ0n) is 10.2. The molecule has 6 heteroatoms. The van der Waals surface area contributed by atoms with Crippen LogP contribution >= 0.6 is 23.2 Å². The standard InChI is InChI=1S/C13H12Cl2N2O2/c1-2-19-11-6-4-3-5-9(11)17-13(18)10-7-8(14)12(15)16-10/h3-7,16H,2H2,1H3,(H,17,18). The minimum Gasteiger partial charge on any atom is -0.492 e. The average Bonchev–Trinajstić information content (AvgIpc) is 2.72. The van der Waals surface area contributed by atoms with E-state index in [0.717, 1.165) is 0 Å². The monoisotopic (exact) mass is 298 g/mol. The molecule has 0 saturated carbocycles. The van der Waals surface area contributed by atoms with Gasteiger partial charge in [-0.2, -0.15) is 0 Å². The first-order valence-corrected chi connectivity index (χ1v) is 6.44. The molecule has 100 valence electrons. The van der Waals surface area contributed by atoms with Crippen molar-refractivity contribution in [3.8, 4) is 5.75 Å². The molecular weight excluding hydrogens is 287 g/mol. The maximum absolute atomic E-state index is 12.0. The average molecular weight is 299 g/mol. The van der Waals surface area contributed by atoms with Gasteiger partial charge in [-0.25, -0.2) is 0 Å². The highest BCUT2D eigenvalue weighted by molar-refractivity contribution is 6.41. The molecule has 0 aliphatic carbocycles. The summed E-state index contributed by atoms with van der Waals surface area (Å²) in [6, 6.07) is 8.67. The number of hydrogen-bond donors (Lipinski definition) is 2. The first kappa shape index (κ1) is 13.8. The van der Waals surface area contributed by atoms with Gasteiger partial charge in [-0.05, 0) is 25.1 Å². The van der Waals surface area contributed by atoms with Crippen molar-refractivity contribution in [3.05, 3.63) is 46.2 Å². The molecule has 1 amide bonds. The zero-order valence-corrected chi connectivity index (χ0v) is 11.7. The Morgan fingerprint density at radius 3 is 2.74 bits per heavy atom. The van der Waals surface area contributed by atoms with Gasteiger partial charge in [0.15, 0.2) is 0 Å². The lowest BCUT2D eigenvalue weighted by Crippen LogP contribution is -2.13. The van der Waals surface area contributed by atoms with Gasteiger partial charge in [0.2, 0.25) is 0 Å². The number of amides is 1. The fraction of sp³-hybridized carbons (Fsp3) is 0.154. The van der Waals surface area contributed by atoms with Crippen LogP contribution in [0.4, 0.5) is 5.69 Å². The van der Waals surface area contributed by atoms with Crippen molar-refractivity contribution < 1.29 is 9.53 Å². The number of carbonyl (C=O) groups excluding carboxylic acids is 1. The highest BCUT2D eigenvalue weighted by atomic mass is 35.5. The smallest absolute Gasteiger partial charge is 0.272 e. The van der Waals surface area contributed by atoms with E-state index < -0.39 is 0 Å². The van der Waals surface area contributed by atoms with Crippen molar-refractivity contribution in [2.75, 3.05) is 11.9 Å². The van der Waals surface area contributed by atoms with Gasteiger partial charge < -0.3 is 15.0 Å². The van der Waals surface area contributed by atoms with Crippen LogP contribution in [0.1, 0.15) is 17.4 Å². The van der Waals surface area contributed by atoms with Crippen molar-refractivity contribution in [3.63, 3.8) is 0 Å². The summed E-state index contributed by atoms with van der Waals surface area (Å²) in [6.45, 7) is 2.40. The Morgan fingerprint density at radius 2 is 2.11 bits per heavy atom. The molecule has 1 heterocycles. The largest absolute Gasteiger partial charge is 0.492 e. The number of benzene rings is 1. The van der Waals surface area contributed by atoms with E-state index in [1.54, 1.807) is 12.1 Å². The second-order valence-electron chi connectivity index (χ2n) is 3.73. The summed E-state index contributed by atoms with van der Waals surface area (Å²) >= 11 is 11.6. The fourth-order valence-corrected chi connectivity index (χ4v) is 1.88. The molecule has 2 N–H and O–H groups in total. The van der Waals surface area contributed by atoms with Crippen molar-refractivity contribution in [2.24, 2.45) is 0 Å². The van der Waals surface area contributed by atoms with Gasteiger partial charge in [0.05, 0.1) is 17.3 Å². The van der Waals surface area contributed by atoms with E-state index in [9.17, 15) is 4.79 Å². The van der Waals surface area contributed by atoms with Crippen molar-refractivity contribution in [1.29, 1.82) is 0 Å². The van der Waals surface area contributed by atoms with Crippen LogP contribution in [-0.2, 0) is 0 Å². The molecule has 4 nitrogen and oxygen atoms in total. The first-order valence-electron chi connectivity index (χ1n) is 5.69. The normalized spacial score (nSPS) is 10.3. The first-order chi connectivity index (χ1) is 9.11. The highest BCUT2D eigenvalue weighted by Gasteiger charge is 2.13.